The molecular formula is C12H30N4O2. The smallest absolute Gasteiger partial charge is 0.217 e. The molecule has 0 spiro atoms. The van der Waals surface area contributed by atoms with Crippen LogP contribution in [0.5, 0.6) is 0 Å². The van der Waals surface area contributed by atoms with Gasteiger partial charge in [0.05, 0.1) is 0 Å². The number of hydrogen-bond donors (Lipinski definition) is 2. The van der Waals surface area contributed by atoms with Gasteiger partial charge in [-0.15, -0.1) is 0 Å². The van der Waals surface area contributed by atoms with Crippen molar-refractivity contribution in [2.45, 2.75) is 32.8 Å². The first-order valence-corrected chi connectivity index (χ1v) is 6.57. The van der Waals surface area contributed by atoms with Crippen molar-refractivity contribution in [1.82, 2.24) is 20.7 Å². The van der Waals surface area contributed by atoms with Gasteiger partial charge in [-0.1, -0.05) is 13.8 Å². The molecule has 0 aromatic carbocycles. The lowest BCUT2D eigenvalue weighted by molar-refractivity contribution is -0.255. The molecule has 2 N–H and O–H groups in total. The van der Waals surface area contributed by atoms with Gasteiger partial charge < -0.3 is 9.47 Å². The van der Waals surface area contributed by atoms with Crippen molar-refractivity contribution in [3.63, 3.8) is 0 Å². The molecule has 0 aliphatic rings. The number of hydrogen-bond acceptors (Lipinski definition) is 6. The SMILES string of the molecule is CCNC(NC)(OCC)C(OC)N(CC)N(C)C. The van der Waals surface area contributed by atoms with Crippen LogP contribution in [-0.4, -0.2) is 70.0 Å². The average Bonchev–Trinajstić information content (AvgIpc) is 2.34. The van der Waals surface area contributed by atoms with E-state index in [0.29, 0.717) is 6.61 Å². The van der Waals surface area contributed by atoms with Gasteiger partial charge in [-0.2, -0.15) is 0 Å². The fourth-order valence-electron chi connectivity index (χ4n) is 2.14. The maximum Gasteiger partial charge on any atom is 0.217 e. The fraction of sp³-hybridized carbons (Fsp3) is 1.00. The minimum atomic E-state index is -0.724. The molecule has 0 heterocycles. The summed E-state index contributed by atoms with van der Waals surface area (Å²) in [6.45, 7) is 8.31. The largest absolute Gasteiger partial charge is 0.359 e. The van der Waals surface area contributed by atoms with Gasteiger partial charge in [0.1, 0.15) is 0 Å². The molecule has 110 valence electrons. The van der Waals surface area contributed by atoms with Crippen molar-refractivity contribution in [2.75, 3.05) is 47.9 Å². The standard InChI is InChI=1S/C12H30N4O2/c1-8-14-12(13-4,18-10-3)11(17-7)16(9-2)15(5)6/h11,13-14H,8-10H2,1-7H3. The van der Waals surface area contributed by atoms with E-state index in [1.165, 1.54) is 0 Å². The number of hydrazine groups is 1. The minimum absolute atomic E-state index is 0.262. The van der Waals surface area contributed by atoms with Crippen LogP contribution in [0.15, 0.2) is 0 Å². The molecule has 2 atom stereocenters. The van der Waals surface area contributed by atoms with Crippen molar-refractivity contribution in [3.05, 3.63) is 0 Å². The zero-order valence-corrected chi connectivity index (χ0v) is 12.9. The van der Waals surface area contributed by atoms with Gasteiger partial charge in [-0.05, 0) is 20.5 Å². The summed E-state index contributed by atoms with van der Waals surface area (Å²) < 4.78 is 11.6. The second kappa shape index (κ2) is 8.79. The maximum atomic E-state index is 5.89. The van der Waals surface area contributed by atoms with E-state index >= 15 is 0 Å². The van der Waals surface area contributed by atoms with Crippen LogP contribution >= 0.6 is 0 Å². The Balaban J connectivity index is 5.22. The third-order valence-corrected chi connectivity index (χ3v) is 2.86. The summed E-state index contributed by atoms with van der Waals surface area (Å²) in [4.78, 5) is 0. The molecule has 2 unspecified atom stereocenters. The summed E-state index contributed by atoms with van der Waals surface area (Å²) in [5.74, 6) is -0.724. The third-order valence-electron chi connectivity index (χ3n) is 2.86. The quantitative estimate of drug-likeness (QED) is 0.435. The molecule has 0 amide bonds. The van der Waals surface area contributed by atoms with Gasteiger partial charge in [0, 0.05) is 34.4 Å². The molecule has 0 saturated carbocycles. The molecule has 0 bridgehead atoms. The Morgan fingerprint density at radius 3 is 2.11 bits per heavy atom. The lowest BCUT2D eigenvalue weighted by atomic mass is 10.3. The van der Waals surface area contributed by atoms with E-state index in [1.807, 2.05) is 40.0 Å². The second-order valence-corrected chi connectivity index (χ2v) is 4.14. The van der Waals surface area contributed by atoms with Crippen molar-refractivity contribution < 1.29 is 9.47 Å². The Bertz CT molecular complexity index is 208. The van der Waals surface area contributed by atoms with Gasteiger partial charge in [0.25, 0.3) is 0 Å². The molecule has 0 fully saturated rings. The zero-order valence-electron chi connectivity index (χ0n) is 12.9. The summed E-state index contributed by atoms with van der Waals surface area (Å²) in [6, 6.07) is 0. The Labute approximate surface area is 112 Å². The van der Waals surface area contributed by atoms with Crippen LogP contribution in [0.2, 0.25) is 0 Å². The van der Waals surface area contributed by atoms with Gasteiger partial charge >= 0.3 is 0 Å². The van der Waals surface area contributed by atoms with Crippen LogP contribution < -0.4 is 10.6 Å². The van der Waals surface area contributed by atoms with Gasteiger partial charge in [0.2, 0.25) is 5.85 Å². The summed E-state index contributed by atoms with van der Waals surface area (Å²) in [5.41, 5.74) is 0. The minimum Gasteiger partial charge on any atom is -0.359 e. The fourth-order valence-corrected chi connectivity index (χ4v) is 2.14. The Morgan fingerprint density at radius 1 is 1.22 bits per heavy atom. The highest BCUT2D eigenvalue weighted by molar-refractivity contribution is 4.82. The predicted octanol–water partition coefficient (Wildman–Crippen LogP) is 0.277. The number of nitrogens with zero attached hydrogens (tertiary/aromatic N) is 2. The molecule has 0 rings (SSSR count). The highest BCUT2D eigenvalue weighted by atomic mass is 16.6. The molecule has 0 aliphatic heterocycles. The van der Waals surface area contributed by atoms with Crippen molar-refractivity contribution in [1.29, 1.82) is 0 Å². The molecule has 0 aromatic rings. The van der Waals surface area contributed by atoms with Crippen molar-refractivity contribution in [3.8, 4) is 0 Å². The highest BCUT2D eigenvalue weighted by Gasteiger charge is 2.42. The second-order valence-electron chi connectivity index (χ2n) is 4.14. The Hall–Kier alpha value is -0.240. The van der Waals surface area contributed by atoms with E-state index in [-0.39, 0.29) is 6.23 Å². The monoisotopic (exact) mass is 262 g/mol. The van der Waals surface area contributed by atoms with Crippen LogP contribution in [0.1, 0.15) is 20.8 Å². The Morgan fingerprint density at radius 2 is 1.83 bits per heavy atom. The first kappa shape index (κ1) is 17.8. The highest BCUT2D eigenvalue weighted by Crippen LogP contribution is 2.17. The van der Waals surface area contributed by atoms with E-state index < -0.39 is 5.85 Å². The van der Waals surface area contributed by atoms with Crippen LogP contribution in [0, 0.1) is 0 Å². The van der Waals surface area contributed by atoms with Crippen LogP contribution in [-0.2, 0) is 9.47 Å². The molecule has 0 aromatic heterocycles. The first-order chi connectivity index (χ1) is 8.52. The lowest BCUT2D eigenvalue weighted by Crippen LogP contribution is -2.71. The summed E-state index contributed by atoms with van der Waals surface area (Å²) in [6.07, 6.45) is -0.262. The molecular weight excluding hydrogens is 232 g/mol. The van der Waals surface area contributed by atoms with Gasteiger partial charge in [0.15, 0.2) is 6.23 Å². The average molecular weight is 262 g/mol. The Kier molecular flexibility index (Phi) is 8.67. The normalized spacial score (nSPS) is 17.2. The molecule has 18 heavy (non-hydrogen) atoms. The van der Waals surface area contributed by atoms with Crippen molar-refractivity contribution in [2.24, 2.45) is 0 Å². The molecule has 6 heteroatoms. The van der Waals surface area contributed by atoms with Crippen LogP contribution in [0.3, 0.4) is 0 Å². The molecule has 0 radical (unpaired) electrons. The van der Waals surface area contributed by atoms with Gasteiger partial charge in [-0.3, -0.25) is 10.6 Å². The van der Waals surface area contributed by atoms with Crippen LogP contribution in [0.4, 0.5) is 0 Å². The maximum absolute atomic E-state index is 5.89. The number of rotatable bonds is 10. The lowest BCUT2D eigenvalue weighted by Gasteiger charge is -2.46. The van der Waals surface area contributed by atoms with E-state index in [0.717, 1.165) is 13.1 Å². The van der Waals surface area contributed by atoms with E-state index in [9.17, 15) is 0 Å². The molecule has 0 aliphatic carbocycles. The van der Waals surface area contributed by atoms with Crippen molar-refractivity contribution >= 4 is 0 Å². The number of methoxy groups -OCH3 is 1. The van der Waals surface area contributed by atoms with E-state index in [1.54, 1.807) is 7.11 Å². The molecule has 6 nitrogen and oxygen atoms in total. The number of likely N-dealkylation sites (N-methyl/N-ethyl adjacent to an activating group) is 3. The van der Waals surface area contributed by atoms with Gasteiger partial charge in [-0.25, -0.2) is 10.0 Å². The number of nitrogens with one attached hydrogen (secondary N) is 2. The summed E-state index contributed by atoms with van der Waals surface area (Å²) >= 11 is 0. The zero-order chi connectivity index (χ0) is 14.2. The van der Waals surface area contributed by atoms with Crippen LogP contribution in [0.25, 0.3) is 0 Å². The first-order valence-electron chi connectivity index (χ1n) is 6.57. The topological polar surface area (TPSA) is 49.0 Å². The summed E-state index contributed by atoms with van der Waals surface area (Å²) in [5, 5.41) is 10.7. The third kappa shape index (κ3) is 4.15. The molecule has 0 saturated heterocycles. The number of ether oxygens (including phenoxy) is 2. The summed E-state index contributed by atoms with van der Waals surface area (Å²) in [7, 11) is 7.55. The van der Waals surface area contributed by atoms with E-state index in [2.05, 4.69) is 22.6 Å². The van der Waals surface area contributed by atoms with E-state index in [4.69, 9.17) is 9.47 Å². The predicted molar refractivity (Wildman–Crippen MR) is 74.0 cm³/mol.